The van der Waals surface area contributed by atoms with Crippen LogP contribution in [-0.2, 0) is 0 Å². The standard InChI is InChI=1S/C15H17NO2/c1-10(2)18-15-7-6-12(9-14(15)16)11-4-3-5-13(17)8-11/h3-10,17H,16H2,1-2H3. The number of hydrogen-bond donors (Lipinski definition) is 2. The summed E-state index contributed by atoms with van der Waals surface area (Å²) in [6, 6.07) is 12.7. The van der Waals surface area contributed by atoms with Gasteiger partial charge in [-0.25, -0.2) is 0 Å². The number of nitrogens with two attached hydrogens (primary N) is 1. The molecule has 2 aromatic rings. The molecule has 3 nitrogen and oxygen atoms in total. The first-order chi connectivity index (χ1) is 8.56. The van der Waals surface area contributed by atoms with E-state index < -0.39 is 0 Å². The number of benzene rings is 2. The number of anilines is 1. The second-order valence-electron chi connectivity index (χ2n) is 4.47. The third kappa shape index (κ3) is 2.74. The van der Waals surface area contributed by atoms with Crippen molar-refractivity contribution < 1.29 is 9.84 Å². The Labute approximate surface area is 107 Å². The predicted molar refractivity (Wildman–Crippen MR) is 73.7 cm³/mol. The first-order valence-corrected chi connectivity index (χ1v) is 5.92. The molecule has 0 aliphatic heterocycles. The van der Waals surface area contributed by atoms with Crippen molar-refractivity contribution in [1.82, 2.24) is 0 Å². The van der Waals surface area contributed by atoms with Crippen LogP contribution in [0.4, 0.5) is 5.69 Å². The van der Waals surface area contributed by atoms with E-state index >= 15 is 0 Å². The van der Waals surface area contributed by atoms with Gasteiger partial charge in [-0.3, -0.25) is 0 Å². The lowest BCUT2D eigenvalue weighted by atomic mass is 10.0. The molecule has 0 saturated heterocycles. The fourth-order valence-corrected chi connectivity index (χ4v) is 1.77. The van der Waals surface area contributed by atoms with Gasteiger partial charge in [-0.05, 0) is 49.2 Å². The van der Waals surface area contributed by atoms with Gasteiger partial charge in [0, 0.05) is 0 Å². The fourth-order valence-electron chi connectivity index (χ4n) is 1.77. The normalized spacial score (nSPS) is 10.6. The first kappa shape index (κ1) is 12.3. The highest BCUT2D eigenvalue weighted by Crippen LogP contribution is 2.30. The van der Waals surface area contributed by atoms with E-state index in [1.807, 2.05) is 38.1 Å². The summed E-state index contributed by atoms with van der Waals surface area (Å²) in [7, 11) is 0. The monoisotopic (exact) mass is 243 g/mol. The maximum atomic E-state index is 9.46. The van der Waals surface area contributed by atoms with Crippen LogP contribution in [0.1, 0.15) is 13.8 Å². The quantitative estimate of drug-likeness (QED) is 0.812. The third-order valence-electron chi connectivity index (χ3n) is 2.55. The molecule has 0 saturated carbocycles. The number of phenols is 1. The van der Waals surface area contributed by atoms with Crippen molar-refractivity contribution in [3.8, 4) is 22.6 Å². The number of hydrogen-bond acceptors (Lipinski definition) is 3. The largest absolute Gasteiger partial charge is 0.508 e. The molecule has 0 bridgehead atoms. The third-order valence-corrected chi connectivity index (χ3v) is 2.55. The topological polar surface area (TPSA) is 55.5 Å². The fraction of sp³-hybridized carbons (Fsp3) is 0.200. The molecule has 0 unspecified atom stereocenters. The van der Waals surface area contributed by atoms with Crippen molar-refractivity contribution in [2.75, 3.05) is 5.73 Å². The van der Waals surface area contributed by atoms with Crippen LogP contribution in [0.5, 0.6) is 11.5 Å². The molecular formula is C15H17NO2. The Morgan fingerprint density at radius 2 is 1.78 bits per heavy atom. The van der Waals surface area contributed by atoms with Gasteiger partial charge < -0.3 is 15.6 Å². The number of phenolic OH excluding ortho intramolecular Hbond substituents is 1. The molecule has 2 rings (SSSR count). The predicted octanol–water partition coefficient (Wildman–Crippen LogP) is 3.43. The summed E-state index contributed by atoms with van der Waals surface area (Å²) < 4.78 is 5.59. The zero-order valence-electron chi connectivity index (χ0n) is 10.6. The van der Waals surface area contributed by atoms with E-state index in [-0.39, 0.29) is 11.9 Å². The molecule has 3 N–H and O–H groups in total. The van der Waals surface area contributed by atoms with E-state index in [2.05, 4.69) is 0 Å². The number of rotatable bonds is 3. The maximum absolute atomic E-state index is 9.46. The van der Waals surface area contributed by atoms with Gasteiger partial charge in [0.25, 0.3) is 0 Å². The number of ether oxygens (including phenoxy) is 1. The Kier molecular flexibility index (Phi) is 3.42. The molecule has 0 radical (unpaired) electrons. The molecule has 0 atom stereocenters. The second-order valence-corrected chi connectivity index (χ2v) is 4.47. The van der Waals surface area contributed by atoms with Crippen molar-refractivity contribution in [3.63, 3.8) is 0 Å². The zero-order valence-corrected chi connectivity index (χ0v) is 10.6. The van der Waals surface area contributed by atoms with Gasteiger partial charge in [0.05, 0.1) is 11.8 Å². The summed E-state index contributed by atoms with van der Waals surface area (Å²) in [4.78, 5) is 0. The van der Waals surface area contributed by atoms with Gasteiger partial charge in [-0.15, -0.1) is 0 Å². The number of nitrogen functional groups attached to an aromatic ring is 1. The van der Waals surface area contributed by atoms with Crippen molar-refractivity contribution in [2.45, 2.75) is 20.0 Å². The smallest absolute Gasteiger partial charge is 0.142 e. The second kappa shape index (κ2) is 5.00. The van der Waals surface area contributed by atoms with Crippen LogP contribution in [0.3, 0.4) is 0 Å². The first-order valence-electron chi connectivity index (χ1n) is 5.92. The molecule has 0 heterocycles. The molecule has 0 amide bonds. The van der Waals surface area contributed by atoms with Crippen molar-refractivity contribution in [2.24, 2.45) is 0 Å². The molecule has 3 heteroatoms. The summed E-state index contributed by atoms with van der Waals surface area (Å²) in [5.41, 5.74) is 8.45. The average Bonchev–Trinajstić information content (AvgIpc) is 2.31. The summed E-state index contributed by atoms with van der Waals surface area (Å²) in [5.74, 6) is 0.933. The minimum Gasteiger partial charge on any atom is -0.508 e. The summed E-state index contributed by atoms with van der Waals surface area (Å²) in [5, 5.41) is 9.46. The van der Waals surface area contributed by atoms with Gasteiger partial charge in [0.1, 0.15) is 11.5 Å². The van der Waals surface area contributed by atoms with Crippen molar-refractivity contribution in [3.05, 3.63) is 42.5 Å². The van der Waals surface area contributed by atoms with Gasteiger partial charge in [0.15, 0.2) is 0 Å². The lowest BCUT2D eigenvalue weighted by Gasteiger charge is -2.13. The highest BCUT2D eigenvalue weighted by Gasteiger charge is 2.05. The van der Waals surface area contributed by atoms with Gasteiger partial charge in [0.2, 0.25) is 0 Å². The Hall–Kier alpha value is -2.16. The van der Waals surface area contributed by atoms with Crippen LogP contribution in [0.15, 0.2) is 42.5 Å². The van der Waals surface area contributed by atoms with E-state index in [1.54, 1.807) is 18.2 Å². The zero-order chi connectivity index (χ0) is 13.1. The minimum absolute atomic E-state index is 0.0962. The average molecular weight is 243 g/mol. The summed E-state index contributed by atoms with van der Waals surface area (Å²) in [6.45, 7) is 3.92. The van der Waals surface area contributed by atoms with E-state index in [0.29, 0.717) is 11.4 Å². The molecule has 94 valence electrons. The van der Waals surface area contributed by atoms with Crippen LogP contribution < -0.4 is 10.5 Å². The van der Waals surface area contributed by atoms with Crippen LogP contribution >= 0.6 is 0 Å². The molecular weight excluding hydrogens is 226 g/mol. The molecule has 0 aliphatic rings. The molecule has 0 aliphatic carbocycles. The van der Waals surface area contributed by atoms with E-state index in [9.17, 15) is 5.11 Å². The molecule has 0 spiro atoms. The Morgan fingerprint density at radius 1 is 1.06 bits per heavy atom. The minimum atomic E-state index is 0.0962. The van der Waals surface area contributed by atoms with E-state index in [0.717, 1.165) is 11.1 Å². The van der Waals surface area contributed by atoms with Crippen molar-refractivity contribution >= 4 is 5.69 Å². The Bertz CT molecular complexity index is 550. The van der Waals surface area contributed by atoms with Gasteiger partial charge in [-0.1, -0.05) is 18.2 Å². The highest BCUT2D eigenvalue weighted by atomic mass is 16.5. The van der Waals surface area contributed by atoms with E-state index in [4.69, 9.17) is 10.5 Å². The Balaban J connectivity index is 2.34. The van der Waals surface area contributed by atoms with Crippen LogP contribution in [0.25, 0.3) is 11.1 Å². The van der Waals surface area contributed by atoms with Crippen LogP contribution in [-0.4, -0.2) is 11.2 Å². The SMILES string of the molecule is CC(C)Oc1ccc(-c2cccc(O)c2)cc1N. The maximum Gasteiger partial charge on any atom is 0.142 e. The highest BCUT2D eigenvalue weighted by molar-refractivity contribution is 5.71. The van der Waals surface area contributed by atoms with Crippen LogP contribution in [0, 0.1) is 0 Å². The summed E-state index contributed by atoms with van der Waals surface area (Å²) in [6.07, 6.45) is 0.0962. The Morgan fingerprint density at radius 3 is 2.39 bits per heavy atom. The lowest BCUT2D eigenvalue weighted by molar-refractivity contribution is 0.244. The number of aromatic hydroxyl groups is 1. The van der Waals surface area contributed by atoms with Crippen molar-refractivity contribution in [1.29, 1.82) is 0 Å². The van der Waals surface area contributed by atoms with Crippen LogP contribution in [0.2, 0.25) is 0 Å². The van der Waals surface area contributed by atoms with Gasteiger partial charge >= 0.3 is 0 Å². The molecule has 0 fully saturated rings. The molecule has 2 aromatic carbocycles. The summed E-state index contributed by atoms with van der Waals surface area (Å²) >= 11 is 0. The lowest BCUT2D eigenvalue weighted by Crippen LogP contribution is -2.07. The van der Waals surface area contributed by atoms with E-state index in [1.165, 1.54) is 0 Å². The molecule has 18 heavy (non-hydrogen) atoms. The molecule has 0 aromatic heterocycles. The van der Waals surface area contributed by atoms with Gasteiger partial charge in [-0.2, -0.15) is 0 Å².